The number of amidine groups is 1. The molecule has 0 aliphatic carbocycles. The first-order chi connectivity index (χ1) is 10.7. The Morgan fingerprint density at radius 2 is 2.27 bits per heavy atom. The molecule has 1 atom stereocenters. The lowest BCUT2D eigenvalue weighted by atomic mass is 10.1. The van der Waals surface area contributed by atoms with E-state index in [0.717, 1.165) is 41.6 Å². The zero-order chi connectivity index (χ0) is 15.5. The summed E-state index contributed by atoms with van der Waals surface area (Å²) in [6.07, 6.45) is 4.33. The van der Waals surface area contributed by atoms with E-state index >= 15 is 0 Å². The van der Waals surface area contributed by atoms with Crippen molar-refractivity contribution in [2.45, 2.75) is 25.8 Å². The second-order valence-electron chi connectivity index (χ2n) is 5.55. The third-order valence-electron chi connectivity index (χ3n) is 4.04. The van der Waals surface area contributed by atoms with Gasteiger partial charge in [-0.1, -0.05) is 40.7 Å². The van der Waals surface area contributed by atoms with Crippen LogP contribution in [0.15, 0.2) is 39.8 Å². The lowest BCUT2D eigenvalue weighted by Gasteiger charge is -2.24. The summed E-state index contributed by atoms with van der Waals surface area (Å²) in [4.78, 5) is 6.72. The van der Waals surface area contributed by atoms with Crippen molar-refractivity contribution in [2.75, 3.05) is 19.8 Å². The van der Waals surface area contributed by atoms with E-state index in [1.807, 2.05) is 13.1 Å². The van der Waals surface area contributed by atoms with E-state index in [1.54, 1.807) is 11.8 Å². The fraction of sp³-hybridized carbons (Fsp3) is 0.412. The van der Waals surface area contributed by atoms with E-state index in [9.17, 15) is 0 Å². The van der Waals surface area contributed by atoms with Crippen molar-refractivity contribution in [3.63, 3.8) is 0 Å². The average Bonchev–Trinajstić information content (AvgIpc) is 3.17. The van der Waals surface area contributed by atoms with Crippen molar-refractivity contribution in [1.82, 2.24) is 10.1 Å². The molecule has 1 aliphatic rings. The monoisotopic (exact) mass is 315 g/mol. The van der Waals surface area contributed by atoms with Gasteiger partial charge in [-0.05, 0) is 32.1 Å². The molecule has 1 fully saturated rings. The average molecular weight is 315 g/mol. The van der Waals surface area contributed by atoms with Crippen LogP contribution in [0.5, 0.6) is 0 Å². The first-order valence-corrected chi connectivity index (χ1v) is 8.76. The standard InChI is InChI=1S/C17H21N3OS/c1-12-6-4-7-13(10-12)16-11-14(19-21-16)15-8-5-9-20(15)17(18-2)22-3/h4,6-7,10-11,15H,5,8-9H2,1-3H3. The second-order valence-corrected chi connectivity index (χ2v) is 6.32. The van der Waals surface area contributed by atoms with E-state index in [2.05, 4.69) is 52.5 Å². The number of benzene rings is 1. The van der Waals surface area contributed by atoms with Crippen LogP contribution in [0.2, 0.25) is 0 Å². The Morgan fingerprint density at radius 1 is 1.41 bits per heavy atom. The quantitative estimate of drug-likeness (QED) is 0.617. The Bertz CT molecular complexity index is 680. The van der Waals surface area contributed by atoms with Gasteiger partial charge in [-0.2, -0.15) is 0 Å². The van der Waals surface area contributed by atoms with E-state index in [4.69, 9.17) is 4.52 Å². The fourth-order valence-electron chi connectivity index (χ4n) is 3.02. The summed E-state index contributed by atoms with van der Waals surface area (Å²) < 4.78 is 5.59. The highest BCUT2D eigenvalue weighted by Crippen LogP contribution is 2.35. The molecule has 3 rings (SSSR count). The van der Waals surface area contributed by atoms with E-state index in [0.29, 0.717) is 0 Å². The molecule has 4 nitrogen and oxygen atoms in total. The Balaban J connectivity index is 1.87. The molecule has 0 radical (unpaired) electrons. The molecule has 116 valence electrons. The van der Waals surface area contributed by atoms with Gasteiger partial charge in [0.05, 0.1) is 6.04 Å². The third kappa shape index (κ3) is 2.90. The van der Waals surface area contributed by atoms with Crippen LogP contribution in [0.25, 0.3) is 11.3 Å². The number of hydrogen-bond donors (Lipinski definition) is 0. The Hall–Kier alpha value is -1.75. The molecule has 0 saturated carbocycles. The van der Waals surface area contributed by atoms with Crippen molar-refractivity contribution in [1.29, 1.82) is 0 Å². The normalized spacial score (nSPS) is 19.0. The van der Waals surface area contributed by atoms with Gasteiger partial charge < -0.3 is 9.42 Å². The van der Waals surface area contributed by atoms with Crippen molar-refractivity contribution < 1.29 is 4.52 Å². The molecule has 0 bridgehead atoms. The zero-order valence-electron chi connectivity index (χ0n) is 13.2. The smallest absolute Gasteiger partial charge is 0.167 e. The van der Waals surface area contributed by atoms with Gasteiger partial charge in [0.25, 0.3) is 0 Å². The molecule has 2 heterocycles. The number of thioether (sulfide) groups is 1. The minimum absolute atomic E-state index is 0.272. The molecular formula is C17H21N3OS. The predicted molar refractivity (Wildman–Crippen MR) is 92.2 cm³/mol. The maximum Gasteiger partial charge on any atom is 0.167 e. The van der Waals surface area contributed by atoms with Crippen LogP contribution < -0.4 is 0 Å². The molecule has 22 heavy (non-hydrogen) atoms. The molecule has 0 amide bonds. The van der Waals surface area contributed by atoms with Crippen LogP contribution in [-0.2, 0) is 0 Å². The summed E-state index contributed by atoms with van der Waals surface area (Å²) in [5.74, 6) is 0.838. The van der Waals surface area contributed by atoms with Crippen LogP contribution in [0.3, 0.4) is 0 Å². The van der Waals surface area contributed by atoms with Crippen molar-refractivity contribution >= 4 is 16.9 Å². The highest BCUT2D eigenvalue weighted by atomic mass is 32.2. The number of likely N-dealkylation sites (tertiary alicyclic amines) is 1. The van der Waals surface area contributed by atoms with Gasteiger partial charge >= 0.3 is 0 Å². The van der Waals surface area contributed by atoms with Gasteiger partial charge in [-0.15, -0.1) is 0 Å². The predicted octanol–water partition coefficient (Wildman–Crippen LogP) is 4.14. The number of nitrogens with zero attached hydrogens (tertiary/aromatic N) is 3. The number of aliphatic imine (C=N–C) groups is 1. The Morgan fingerprint density at radius 3 is 3.00 bits per heavy atom. The van der Waals surface area contributed by atoms with Gasteiger partial charge in [-0.3, -0.25) is 4.99 Å². The Kier molecular flexibility index (Phi) is 4.52. The largest absolute Gasteiger partial charge is 0.356 e. The summed E-state index contributed by atoms with van der Waals surface area (Å²) in [7, 11) is 1.85. The van der Waals surface area contributed by atoms with Crippen LogP contribution in [-0.4, -0.2) is 35.1 Å². The molecule has 0 spiro atoms. The molecule has 0 N–H and O–H groups in total. The lowest BCUT2D eigenvalue weighted by molar-refractivity contribution is 0.362. The van der Waals surface area contributed by atoms with Gasteiger partial charge in [-0.25, -0.2) is 0 Å². The van der Waals surface area contributed by atoms with E-state index < -0.39 is 0 Å². The summed E-state index contributed by atoms with van der Waals surface area (Å²) in [6, 6.07) is 10.7. The maximum atomic E-state index is 5.59. The first kappa shape index (κ1) is 15.2. The first-order valence-electron chi connectivity index (χ1n) is 7.54. The molecule has 1 unspecified atom stereocenters. The van der Waals surface area contributed by atoms with Crippen molar-refractivity contribution in [3.05, 3.63) is 41.6 Å². The number of aryl methyl sites for hydroxylation is 1. The van der Waals surface area contributed by atoms with Crippen LogP contribution in [0.4, 0.5) is 0 Å². The molecule has 1 aliphatic heterocycles. The maximum absolute atomic E-state index is 5.59. The van der Waals surface area contributed by atoms with E-state index in [-0.39, 0.29) is 6.04 Å². The number of rotatable bonds is 2. The highest BCUT2D eigenvalue weighted by Gasteiger charge is 2.30. The number of hydrogen-bond acceptors (Lipinski definition) is 4. The summed E-state index contributed by atoms with van der Waals surface area (Å²) in [5.41, 5.74) is 3.31. The Labute approximate surface area is 135 Å². The van der Waals surface area contributed by atoms with Crippen molar-refractivity contribution in [2.24, 2.45) is 4.99 Å². The minimum atomic E-state index is 0.272. The van der Waals surface area contributed by atoms with Crippen LogP contribution >= 0.6 is 11.8 Å². The van der Waals surface area contributed by atoms with Gasteiger partial charge in [0.2, 0.25) is 0 Å². The van der Waals surface area contributed by atoms with Crippen molar-refractivity contribution in [3.8, 4) is 11.3 Å². The van der Waals surface area contributed by atoms with Gasteiger partial charge in [0.15, 0.2) is 10.9 Å². The second kappa shape index (κ2) is 6.57. The topological polar surface area (TPSA) is 41.6 Å². The van der Waals surface area contributed by atoms with Gasteiger partial charge in [0.1, 0.15) is 5.69 Å². The SMILES string of the molecule is CN=C(SC)N1CCCC1c1cc(-c2cccc(C)c2)on1. The fourth-order valence-corrected chi connectivity index (χ4v) is 3.66. The molecule has 1 aromatic heterocycles. The van der Waals surface area contributed by atoms with Gasteiger partial charge in [0, 0.05) is 25.2 Å². The molecule has 1 aromatic carbocycles. The summed E-state index contributed by atoms with van der Waals surface area (Å²) >= 11 is 1.69. The lowest BCUT2D eigenvalue weighted by Crippen LogP contribution is -2.28. The zero-order valence-corrected chi connectivity index (χ0v) is 14.1. The molecule has 2 aromatic rings. The van der Waals surface area contributed by atoms with E-state index in [1.165, 1.54) is 5.56 Å². The third-order valence-corrected chi connectivity index (χ3v) is 4.83. The molecular weight excluding hydrogens is 294 g/mol. The van der Waals surface area contributed by atoms with Crippen LogP contribution in [0.1, 0.15) is 30.1 Å². The molecule has 1 saturated heterocycles. The highest BCUT2D eigenvalue weighted by molar-refractivity contribution is 8.13. The van der Waals surface area contributed by atoms with Crippen LogP contribution in [0, 0.1) is 6.92 Å². The molecule has 5 heteroatoms. The summed E-state index contributed by atoms with van der Waals surface area (Å²) in [5, 5.41) is 5.40. The minimum Gasteiger partial charge on any atom is -0.356 e. The number of aromatic nitrogens is 1. The summed E-state index contributed by atoms with van der Waals surface area (Å²) in [6.45, 7) is 3.12.